The second-order valence-corrected chi connectivity index (χ2v) is 15.3. The zero-order valence-electron chi connectivity index (χ0n) is 33.9. The summed E-state index contributed by atoms with van der Waals surface area (Å²) in [7, 11) is -3.22. The van der Waals surface area contributed by atoms with Crippen LogP contribution in [0.2, 0.25) is 0 Å². The van der Waals surface area contributed by atoms with Gasteiger partial charge < -0.3 is 14.4 Å². The third kappa shape index (κ3) is 39.3. The molecule has 0 aliphatic heterocycles. The van der Waals surface area contributed by atoms with Crippen LogP contribution in [-0.2, 0) is 32.7 Å². The molecule has 0 fully saturated rings. The first-order chi connectivity index (χ1) is 25.8. The Hall–Kier alpha value is -2.25. The molecule has 0 aromatic carbocycles. The Morgan fingerprint density at radius 2 is 0.962 bits per heavy atom. The van der Waals surface area contributed by atoms with E-state index in [2.05, 4.69) is 79.1 Å². The van der Waals surface area contributed by atoms with E-state index in [0.29, 0.717) is 6.42 Å². The molecular formula is C44H77O8P. The monoisotopic (exact) mass is 765 g/mol. The lowest BCUT2D eigenvalue weighted by atomic mass is 10.0. The van der Waals surface area contributed by atoms with Crippen molar-refractivity contribution in [2.45, 2.75) is 187 Å². The average molecular weight is 765 g/mol. The van der Waals surface area contributed by atoms with Gasteiger partial charge in [-0.25, -0.2) is 4.57 Å². The van der Waals surface area contributed by atoms with Crippen molar-refractivity contribution in [1.82, 2.24) is 0 Å². The van der Waals surface area contributed by atoms with Crippen LogP contribution in [0.5, 0.6) is 0 Å². The van der Waals surface area contributed by atoms with Crippen LogP contribution in [0.4, 0.5) is 0 Å². The fourth-order valence-corrected chi connectivity index (χ4v) is 6.03. The van der Waals surface area contributed by atoms with E-state index < -0.39 is 26.5 Å². The number of hydrogen-bond acceptors (Lipinski definition) is 7. The van der Waals surface area contributed by atoms with E-state index in [9.17, 15) is 19.0 Å². The summed E-state index contributed by atoms with van der Waals surface area (Å²) in [6.07, 6.45) is 48.4. The molecule has 0 aliphatic carbocycles. The Morgan fingerprint density at radius 1 is 0.547 bits per heavy atom. The number of phosphoric acid groups is 1. The molecule has 0 rings (SSSR count). The number of carbonyl (C=O) groups is 2. The van der Waals surface area contributed by atoms with Gasteiger partial charge in [-0.1, -0.05) is 171 Å². The van der Waals surface area contributed by atoms with Gasteiger partial charge in [-0.05, 0) is 57.8 Å². The molecule has 1 N–H and O–H groups in total. The largest absolute Gasteiger partial charge is 0.472 e. The van der Waals surface area contributed by atoms with Crippen molar-refractivity contribution in [1.29, 1.82) is 0 Å². The molecule has 2 unspecified atom stereocenters. The van der Waals surface area contributed by atoms with Crippen molar-refractivity contribution < 1.29 is 37.6 Å². The molecule has 0 aromatic heterocycles. The minimum atomic E-state index is -4.27. The van der Waals surface area contributed by atoms with Crippen LogP contribution in [0.1, 0.15) is 181 Å². The fraction of sp³-hybridized carbons (Fsp3) is 0.727. The zero-order valence-corrected chi connectivity index (χ0v) is 34.8. The number of unbranched alkanes of at least 4 members (excludes halogenated alkanes) is 17. The number of phosphoric ester groups is 1. The Balaban J connectivity index is 4.09. The van der Waals surface area contributed by atoms with Crippen LogP contribution in [-0.4, -0.2) is 43.3 Å². The predicted octanol–water partition coefficient (Wildman–Crippen LogP) is 13.2. The number of hydrogen-bond donors (Lipinski definition) is 1. The van der Waals surface area contributed by atoms with E-state index in [4.69, 9.17) is 14.0 Å². The van der Waals surface area contributed by atoms with Crippen molar-refractivity contribution in [2.75, 3.05) is 20.3 Å². The molecule has 8 nitrogen and oxygen atoms in total. The van der Waals surface area contributed by atoms with Crippen LogP contribution < -0.4 is 0 Å². The van der Waals surface area contributed by atoms with E-state index in [0.717, 1.165) is 77.7 Å². The van der Waals surface area contributed by atoms with Gasteiger partial charge in [0.2, 0.25) is 0 Å². The average Bonchev–Trinajstić information content (AvgIpc) is 3.15. The van der Waals surface area contributed by atoms with E-state index in [1.165, 1.54) is 77.0 Å². The Bertz CT molecular complexity index is 1050. The number of allylic oxidation sites excluding steroid dienone is 10. The van der Waals surface area contributed by atoms with Crippen molar-refractivity contribution >= 4 is 19.8 Å². The number of ether oxygens (including phenoxy) is 2. The molecule has 0 saturated carbocycles. The summed E-state index contributed by atoms with van der Waals surface area (Å²) in [4.78, 5) is 34.4. The lowest BCUT2D eigenvalue weighted by Gasteiger charge is -2.19. The maximum Gasteiger partial charge on any atom is 0.472 e. The molecule has 0 heterocycles. The molecule has 0 amide bonds. The molecule has 0 saturated heterocycles. The lowest BCUT2D eigenvalue weighted by molar-refractivity contribution is -0.161. The van der Waals surface area contributed by atoms with E-state index in [1.54, 1.807) is 0 Å². The summed E-state index contributed by atoms with van der Waals surface area (Å²) in [5, 5.41) is 0. The summed E-state index contributed by atoms with van der Waals surface area (Å²) >= 11 is 0. The SMILES string of the molecule is CC/C=C\C/C=C\C/C=C\C/C=C\C/C=C\CCCCCC(=O)OC(COC(=O)CCCCCCCCCCCCCCCCC)COP(=O)(O)OC. The maximum absolute atomic E-state index is 12.5. The molecule has 9 heteroatoms. The number of esters is 2. The molecule has 0 aromatic rings. The van der Waals surface area contributed by atoms with E-state index in [-0.39, 0.29) is 25.4 Å². The van der Waals surface area contributed by atoms with E-state index >= 15 is 0 Å². The van der Waals surface area contributed by atoms with Crippen LogP contribution in [0.3, 0.4) is 0 Å². The first kappa shape index (κ1) is 50.8. The van der Waals surface area contributed by atoms with Gasteiger partial charge >= 0.3 is 19.8 Å². The first-order valence-corrected chi connectivity index (χ1v) is 22.5. The molecule has 2 atom stereocenters. The summed E-state index contributed by atoms with van der Waals surface area (Å²) in [6, 6.07) is 0. The quantitative estimate of drug-likeness (QED) is 0.0286. The summed E-state index contributed by atoms with van der Waals surface area (Å²) in [6.45, 7) is 3.75. The van der Waals surface area contributed by atoms with Crippen molar-refractivity contribution in [3.8, 4) is 0 Å². The molecular weight excluding hydrogens is 687 g/mol. The summed E-state index contributed by atoms with van der Waals surface area (Å²) < 4.78 is 31.9. The van der Waals surface area contributed by atoms with Crippen molar-refractivity contribution in [3.63, 3.8) is 0 Å². The molecule has 0 aliphatic rings. The van der Waals surface area contributed by atoms with Gasteiger partial charge in [-0.15, -0.1) is 0 Å². The van der Waals surface area contributed by atoms with Gasteiger partial charge in [-0.3, -0.25) is 18.6 Å². The molecule has 53 heavy (non-hydrogen) atoms. The Labute approximate surface area is 324 Å². The third-order valence-corrected chi connectivity index (χ3v) is 9.71. The van der Waals surface area contributed by atoms with Gasteiger partial charge in [0.1, 0.15) is 6.61 Å². The topological polar surface area (TPSA) is 108 Å². The van der Waals surface area contributed by atoms with Gasteiger partial charge in [0.25, 0.3) is 0 Å². The molecule has 0 bridgehead atoms. The highest BCUT2D eigenvalue weighted by Crippen LogP contribution is 2.42. The predicted molar refractivity (Wildman–Crippen MR) is 221 cm³/mol. The normalized spacial score (nSPS) is 14.0. The highest BCUT2D eigenvalue weighted by atomic mass is 31.2. The van der Waals surface area contributed by atoms with Gasteiger partial charge in [0.15, 0.2) is 6.10 Å². The Morgan fingerprint density at radius 3 is 1.43 bits per heavy atom. The first-order valence-electron chi connectivity index (χ1n) is 21.0. The third-order valence-electron chi connectivity index (χ3n) is 8.78. The minimum Gasteiger partial charge on any atom is -0.462 e. The molecule has 0 spiro atoms. The fourth-order valence-electron chi connectivity index (χ4n) is 5.57. The van der Waals surface area contributed by atoms with Crippen LogP contribution in [0.25, 0.3) is 0 Å². The van der Waals surface area contributed by atoms with Gasteiger partial charge in [-0.2, -0.15) is 0 Å². The lowest BCUT2D eigenvalue weighted by Crippen LogP contribution is -2.29. The molecule has 0 radical (unpaired) electrons. The van der Waals surface area contributed by atoms with E-state index in [1.807, 2.05) is 0 Å². The summed E-state index contributed by atoms with van der Waals surface area (Å²) in [5.74, 6) is -0.841. The van der Waals surface area contributed by atoms with Gasteiger partial charge in [0, 0.05) is 20.0 Å². The standard InChI is InChI=1S/C44H77O8P/c1-4-6-8-10-12-14-16-18-20-21-22-23-25-27-29-31-33-35-37-39-44(46)52-42(41-51-53(47,48)49-3)40-50-43(45)38-36-34-32-30-28-26-24-19-17-15-13-11-9-7-5-2/h6,8,12,14,18,20,22-23,27,29,42H,4-5,7,9-11,13,15-17,19,21,24-26,28,30-41H2,1-3H3,(H,47,48)/b8-6-,14-12-,20-18-,23-22-,29-27-. The van der Waals surface area contributed by atoms with Crippen molar-refractivity contribution in [2.24, 2.45) is 0 Å². The van der Waals surface area contributed by atoms with Crippen LogP contribution in [0, 0.1) is 0 Å². The second kappa shape index (κ2) is 39.4. The maximum atomic E-state index is 12.5. The summed E-state index contributed by atoms with van der Waals surface area (Å²) in [5.41, 5.74) is 0. The highest BCUT2D eigenvalue weighted by Gasteiger charge is 2.24. The minimum absolute atomic E-state index is 0.205. The van der Waals surface area contributed by atoms with Crippen molar-refractivity contribution in [3.05, 3.63) is 60.8 Å². The Kier molecular flexibility index (Phi) is 37.8. The number of rotatable bonds is 38. The van der Waals surface area contributed by atoms with Crippen LogP contribution in [0.15, 0.2) is 60.8 Å². The smallest absolute Gasteiger partial charge is 0.462 e. The molecule has 306 valence electrons. The zero-order chi connectivity index (χ0) is 38.9. The van der Waals surface area contributed by atoms with Gasteiger partial charge in [0.05, 0.1) is 6.61 Å². The number of carbonyl (C=O) groups excluding carboxylic acids is 2. The second-order valence-electron chi connectivity index (χ2n) is 13.7. The van der Waals surface area contributed by atoms with Crippen LogP contribution >= 0.6 is 7.82 Å². The highest BCUT2D eigenvalue weighted by molar-refractivity contribution is 7.47.